The topological polar surface area (TPSA) is 0 Å². The van der Waals surface area contributed by atoms with Gasteiger partial charge in [0.1, 0.15) is 0 Å². The molecule has 0 heterocycles. The van der Waals surface area contributed by atoms with Crippen molar-refractivity contribution in [1.29, 1.82) is 0 Å². The number of allylic oxidation sites excluding steroid dienone is 21. The summed E-state index contributed by atoms with van der Waals surface area (Å²) in [4.78, 5) is 0. The first kappa shape index (κ1) is 50.0. The van der Waals surface area contributed by atoms with Crippen LogP contribution in [0, 0.1) is 105 Å². The Labute approximate surface area is 447 Å². The third kappa shape index (κ3) is 11.2. The highest BCUT2D eigenvalue weighted by atomic mass is 14.5. The minimum atomic E-state index is 0.0837. The zero-order chi connectivity index (χ0) is 52.2. The molecule has 5 aliphatic carbocycles. The first-order valence-corrected chi connectivity index (χ1v) is 26.5. The van der Waals surface area contributed by atoms with Gasteiger partial charge in [0, 0.05) is 61.3 Å². The molecule has 5 aromatic rings. The Kier molecular flexibility index (Phi) is 14.4. The predicted molar refractivity (Wildman–Crippen MR) is 318 cm³/mol. The first-order chi connectivity index (χ1) is 36.3. The Morgan fingerprint density at radius 2 is 0.933 bits per heavy atom. The van der Waals surface area contributed by atoms with Gasteiger partial charge in [0.2, 0.25) is 0 Å². The number of hydrogen-bond acceptors (Lipinski definition) is 0. The van der Waals surface area contributed by atoms with Crippen molar-refractivity contribution in [2.24, 2.45) is 23.2 Å². The summed E-state index contributed by atoms with van der Waals surface area (Å²) < 4.78 is 0. The average Bonchev–Trinajstić information content (AvgIpc) is 4.36. The van der Waals surface area contributed by atoms with Gasteiger partial charge in [-0.15, -0.1) is 6.58 Å². The second-order valence-electron chi connectivity index (χ2n) is 21.4. The lowest BCUT2D eigenvalue weighted by molar-refractivity contribution is 0.698. The summed E-state index contributed by atoms with van der Waals surface area (Å²) in [6.45, 7) is 21.6. The molecule has 5 aromatic carbocycles. The van der Waals surface area contributed by atoms with E-state index in [0.29, 0.717) is 17.8 Å². The monoisotopic (exact) mass is 965 g/mol. The van der Waals surface area contributed by atoms with Crippen LogP contribution in [-0.4, -0.2) is 0 Å². The zero-order valence-electron chi connectivity index (χ0n) is 44.8. The van der Waals surface area contributed by atoms with E-state index in [9.17, 15) is 0 Å². The van der Waals surface area contributed by atoms with Crippen molar-refractivity contribution >= 4 is 16.7 Å². The molecular formula is C75H64. The van der Waals surface area contributed by atoms with Crippen LogP contribution in [0.15, 0.2) is 233 Å². The van der Waals surface area contributed by atoms with Gasteiger partial charge in [0.05, 0.1) is 0 Å². The number of benzene rings is 5. The van der Waals surface area contributed by atoms with Crippen LogP contribution in [0.5, 0.6) is 0 Å². The summed E-state index contributed by atoms with van der Waals surface area (Å²) >= 11 is 0. The van der Waals surface area contributed by atoms with Crippen LogP contribution in [0.4, 0.5) is 0 Å². The van der Waals surface area contributed by atoms with E-state index in [1.165, 1.54) is 44.5 Å². The fourth-order valence-electron chi connectivity index (χ4n) is 10.3. The summed E-state index contributed by atoms with van der Waals surface area (Å²) in [5.74, 6) is 32.0. The van der Waals surface area contributed by atoms with Gasteiger partial charge in [0.25, 0.3) is 0 Å². The van der Waals surface area contributed by atoms with E-state index in [1.807, 2.05) is 0 Å². The summed E-state index contributed by atoms with van der Waals surface area (Å²) in [5, 5.41) is 0. The van der Waals surface area contributed by atoms with Crippen molar-refractivity contribution in [2.45, 2.75) is 74.7 Å². The molecule has 0 nitrogen and oxygen atoms in total. The summed E-state index contributed by atoms with van der Waals surface area (Å²) in [6, 6.07) is 43.9. The molecular weight excluding hydrogens is 901 g/mol. The van der Waals surface area contributed by atoms with E-state index in [4.69, 9.17) is 0 Å². The van der Waals surface area contributed by atoms with Gasteiger partial charge >= 0.3 is 0 Å². The maximum Gasteiger partial charge on any atom is 0.0431 e. The molecule has 0 radical (unpaired) electrons. The van der Waals surface area contributed by atoms with Crippen LogP contribution in [0.1, 0.15) is 95.7 Å². The van der Waals surface area contributed by atoms with Crippen molar-refractivity contribution < 1.29 is 0 Å². The van der Waals surface area contributed by atoms with Crippen molar-refractivity contribution in [2.75, 3.05) is 0 Å². The minimum Gasteiger partial charge on any atom is -0.103 e. The Morgan fingerprint density at radius 3 is 1.41 bits per heavy atom. The third-order valence-electron chi connectivity index (χ3n) is 15.4. The van der Waals surface area contributed by atoms with E-state index in [0.717, 1.165) is 97.2 Å². The van der Waals surface area contributed by atoms with Crippen LogP contribution in [0.3, 0.4) is 0 Å². The molecule has 0 bridgehead atoms. The molecule has 0 saturated heterocycles. The SMILES string of the molecule is C=CC1(C)CC1/C=C/C#CC1=C(C2=CC=C(C)C3CC23)/C(C#Cc2ccc(C)cc2)=C(c2ccc(C)cc2)\C(C#Cc2ccc(C)cc2)=C(c2ccc(C)cc2)/C(C#CC2=CC=C(C)C=CC2)=C\1c1ccc(C)cc1. The van der Waals surface area contributed by atoms with Crippen molar-refractivity contribution in [3.8, 4) is 47.4 Å². The Hall–Kier alpha value is -8.52. The lowest BCUT2D eigenvalue weighted by Gasteiger charge is -2.28. The van der Waals surface area contributed by atoms with Gasteiger partial charge in [-0.1, -0.05) is 239 Å². The molecule has 364 valence electrons. The molecule has 4 unspecified atom stereocenters. The second kappa shape index (κ2) is 21.5. The van der Waals surface area contributed by atoms with Crippen LogP contribution in [0.2, 0.25) is 0 Å². The third-order valence-corrected chi connectivity index (χ3v) is 15.4. The van der Waals surface area contributed by atoms with Crippen molar-refractivity contribution in [3.63, 3.8) is 0 Å². The number of hydrogen-bond donors (Lipinski definition) is 0. The molecule has 0 aromatic heterocycles. The van der Waals surface area contributed by atoms with Gasteiger partial charge in [-0.2, -0.15) is 0 Å². The quantitative estimate of drug-likeness (QED) is 0.118. The molecule has 4 atom stereocenters. The number of aryl methyl sites for hydroxylation is 5. The smallest absolute Gasteiger partial charge is 0.0431 e. The maximum atomic E-state index is 4.18. The van der Waals surface area contributed by atoms with E-state index >= 15 is 0 Å². The molecule has 0 aliphatic heterocycles. The largest absolute Gasteiger partial charge is 0.103 e. The highest BCUT2D eigenvalue weighted by Gasteiger charge is 2.46. The fraction of sp³-hybridized carbons (Fsp3) is 0.200. The molecule has 2 fully saturated rings. The van der Waals surface area contributed by atoms with Crippen LogP contribution in [0.25, 0.3) is 16.7 Å². The van der Waals surface area contributed by atoms with E-state index in [2.05, 4.69) is 285 Å². The van der Waals surface area contributed by atoms with Gasteiger partial charge in [-0.3, -0.25) is 0 Å². The molecule has 2 saturated carbocycles. The van der Waals surface area contributed by atoms with Gasteiger partial charge in [-0.05, 0) is 144 Å². The van der Waals surface area contributed by atoms with Crippen LogP contribution < -0.4 is 0 Å². The average molecular weight is 965 g/mol. The van der Waals surface area contributed by atoms with Gasteiger partial charge in [-0.25, -0.2) is 0 Å². The van der Waals surface area contributed by atoms with Crippen LogP contribution >= 0.6 is 0 Å². The Bertz CT molecular complexity index is 3730. The number of fused-ring (bicyclic) bond motifs is 1. The summed E-state index contributed by atoms with van der Waals surface area (Å²) in [7, 11) is 0. The van der Waals surface area contributed by atoms with E-state index < -0.39 is 0 Å². The highest BCUT2D eigenvalue weighted by Crippen LogP contribution is 2.57. The summed E-state index contributed by atoms with van der Waals surface area (Å²) in [6.07, 6.45) is 22.8. The minimum absolute atomic E-state index is 0.0837. The van der Waals surface area contributed by atoms with Crippen LogP contribution in [-0.2, 0) is 0 Å². The maximum absolute atomic E-state index is 4.18. The van der Waals surface area contributed by atoms with E-state index in [1.54, 1.807) is 0 Å². The molecule has 0 N–H and O–H groups in total. The molecule has 75 heavy (non-hydrogen) atoms. The zero-order valence-corrected chi connectivity index (χ0v) is 44.8. The first-order valence-electron chi connectivity index (χ1n) is 26.5. The Morgan fingerprint density at radius 1 is 0.480 bits per heavy atom. The van der Waals surface area contributed by atoms with E-state index in [-0.39, 0.29) is 5.41 Å². The summed E-state index contributed by atoms with van der Waals surface area (Å²) in [5.41, 5.74) is 23.2. The molecule has 0 heteroatoms. The highest BCUT2D eigenvalue weighted by molar-refractivity contribution is 6.11. The lowest BCUT2D eigenvalue weighted by atomic mass is 9.73. The Balaban J connectivity index is 1.47. The molecule has 0 amide bonds. The fourth-order valence-corrected chi connectivity index (χ4v) is 10.3. The van der Waals surface area contributed by atoms with Crippen molar-refractivity contribution in [3.05, 3.63) is 288 Å². The van der Waals surface area contributed by atoms with Gasteiger partial charge in [0.15, 0.2) is 0 Å². The number of rotatable bonds is 6. The van der Waals surface area contributed by atoms with Gasteiger partial charge < -0.3 is 0 Å². The molecule has 10 rings (SSSR count). The normalized spacial score (nSPS) is 24.6. The molecule has 5 aliphatic rings. The standard InChI is InChI=1S/C75H64/c1-10-75(9)49-63(75)16-11-12-17-65-71(60-38-23-53(5)24-39-60)66(45-35-57-15-13-14-50(2)18-30-57)72(61-40-25-54(6)26-41-61)67(46-36-58-31-19-51(3)20-32-58)73(62-42-27-55(7)28-43-62)68(47-37-59-33-21-52(4)22-34-59)74(65)64-44-29-56(8)69-48-70(64)69/h10-11,13-14,16,18-34,38-44,63,69-70H,1,15,48-49H2,2-9H3/b16-11+,71-65?,71-66-,72-66?,72-67-,73-67?,73-68-,74-65-,74-68?. The predicted octanol–water partition coefficient (Wildman–Crippen LogP) is 17.4. The lowest BCUT2D eigenvalue weighted by Crippen LogP contribution is -2.13. The van der Waals surface area contributed by atoms with Crippen molar-refractivity contribution in [1.82, 2.24) is 0 Å². The molecule has 0 spiro atoms. The second-order valence-corrected chi connectivity index (χ2v) is 21.4.